The summed E-state index contributed by atoms with van der Waals surface area (Å²) in [7, 11) is 1.92. The van der Waals surface area contributed by atoms with Gasteiger partial charge in [0.05, 0.1) is 12.3 Å². The lowest BCUT2D eigenvalue weighted by molar-refractivity contribution is 0.211. The third-order valence-electron chi connectivity index (χ3n) is 6.27. The standard InChI is InChI=1S/C23H37N3O/c1-19-9-7-16-25(19)17-8-18-27-22-12-10-21(11-13-22)23(24-3)20(2)26-14-5-4-6-15-26/h10-13,19-20H,4-9,14-18H2,1-3H3. The summed E-state index contributed by atoms with van der Waals surface area (Å²) in [6, 6.07) is 9.66. The first-order valence-electron chi connectivity index (χ1n) is 10.9. The van der Waals surface area contributed by atoms with Crippen molar-refractivity contribution < 1.29 is 4.74 Å². The molecule has 0 spiro atoms. The maximum absolute atomic E-state index is 5.97. The second kappa shape index (κ2) is 10.2. The maximum atomic E-state index is 5.97. The highest BCUT2D eigenvalue weighted by atomic mass is 16.5. The van der Waals surface area contributed by atoms with E-state index in [1.54, 1.807) is 0 Å². The van der Waals surface area contributed by atoms with E-state index in [4.69, 9.17) is 4.74 Å². The zero-order valence-corrected chi connectivity index (χ0v) is 17.5. The fourth-order valence-corrected chi connectivity index (χ4v) is 4.54. The first-order valence-corrected chi connectivity index (χ1v) is 10.9. The molecule has 2 unspecified atom stereocenters. The van der Waals surface area contributed by atoms with Crippen molar-refractivity contribution in [3.8, 4) is 5.75 Å². The molecule has 4 heteroatoms. The summed E-state index contributed by atoms with van der Waals surface area (Å²) in [5.41, 5.74) is 2.40. The molecule has 27 heavy (non-hydrogen) atoms. The Morgan fingerprint density at radius 1 is 1.11 bits per heavy atom. The maximum Gasteiger partial charge on any atom is 0.119 e. The van der Waals surface area contributed by atoms with E-state index in [2.05, 4.69) is 52.9 Å². The lowest BCUT2D eigenvalue weighted by Crippen LogP contribution is -2.42. The molecule has 2 aliphatic rings. The summed E-state index contributed by atoms with van der Waals surface area (Å²) in [5.74, 6) is 0.967. The number of aliphatic imine (C=N–C) groups is 1. The SMILES string of the molecule is CN=C(c1ccc(OCCCN2CCCC2C)cc1)C(C)N1CCCCC1. The van der Waals surface area contributed by atoms with Crippen LogP contribution in [0.15, 0.2) is 29.3 Å². The predicted octanol–water partition coefficient (Wildman–Crippen LogP) is 4.23. The lowest BCUT2D eigenvalue weighted by atomic mass is 10.0. The highest BCUT2D eigenvalue weighted by Crippen LogP contribution is 2.20. The zero-order chi connectivity index (χ0) is 19.1. The zero-order valence-electron chi connectivity index (χ0n) is 17.5. The van der Waals surface area contributed by atoms with Gasteiger partial charge in [0.2, 0.25) is 0 Å². The normalized spacial score (nSPS) is 23.5. The molecule has 3 rings (SSSR count). The molecule has 150 valence electrons. The summed E-state index contributed by atoms with van der Waals surface area (Å²) in [5, 5.41) is 0. The molecule has 2 aliphatic heterocycles. The summed E-state index contributed by atoms with van der Waals surface area (Å²) in [6.45, 7) is 10.2. The topological polar surface area (TPSA) is 28.1 Å². The van der Waals surface area contributed by atoms with E-state index in [1.165, 1.54) is 63.0 Å². The lowest BCUT2D eigenvalue weighted by Gasteiger charge is -2.33. The van der Waals surface area contributed by atoms with E-state index in [9.17, 15) is 0 Å². The largest absolute Gasteiger partial charge is 0.494 e. The van der Waals surface area contributed by atoms with Crippen LogP contribution >= 0.6 is 0 Å². The number of rotatable bonds is 8. The smallest absolute Gasteiger partial charge is 0.119 e. The molecule has 0 bridgehead atoms. The number of piperidine rings is 1. The van der Waals surface area contributed by atoms with Crippen LogP contribution in [-0.2, 0) is 0 Å². The number of ether oxygens (including phenoxy) is 1. The first kappa shape index (κ1) is 20.3. The van der Waals surface area contributed by atoms with Crippen molar-refractivity contribution in [3.05, 3.63) is 29.8 Å². The number of likely N-dealkylation sites (tertiary alicyclic amines) is 2. The molecule has 2 heterocycles. The molecule has 4 nitrogen and oxygen atoms in total. The number of hydrogen-bond donors (Lipinski definition) is 0. The van der Waals surface area contributed by atoms with Crippen molar-refractivity contribution in [3.63, 3.8) is 0 Å². The highest BCUT2D eigenvalue weighted by molar-refractivity contribution is 6.04. The van der Waals surface area contributed by atoms with E-state index in [1.807, 2.05) is 7.05 Å². The molecular formula is C23H37N3O. The first-order chi connectivity index (χ1) is 13.2. The van der Waals surface area contributed by atoms with Gasteiger partial charge in [0, 0.05) is 25.7 Å². The van der Waals surface area contributed by atoms with Gasteiger partial charge in [-0.3, -0.25) is 9.89 Å². The average molecular weight is 372 g/mol. The van der Waals surface area contributed by atoms with Gasteiger partial charge in [-0.2, -0.15) is 0 Å². The molecule has 1 aromatic rings. The van der Waals surface area contributed by atoms with E-state index in [-0.39, 0.29) is 0 Å². The summed E-state index contributed by atoms with van der Waals surface area (Å²) in [4.78, 5) is 9.77. The van der Waals surface area contributed by atoms with Crippen LogP contribution in [0.5, 0.6) is 5.75 Å². The molecule has 0 N–H and O–H groups in total. The Morgan fingerprint density at radius 3 is 2.48 bits per heavy atom. The van der Waals surface area contributed by atoms with Crippen LogP contribution < -0.4 is 4.74 Å². The van der Waals surface area contributed by atoms with E-state index >= 15 is 0 Å². The summed E-state index contributed by atoms with van der Waals surface area (Å²) >= 11 is 0. The molecule has 0 aromatic heterocycles. The third kappa shape index (κ3) is 5.55. The Balaban J connectivity index is 1.48. The number of hydrogen-bond acceptors (Lipinski definition) is 4. The fourth-order valence-electron chi connectivity index (χ4n) is 4.54. The van der Waals surface area contributed by atoms with Crippen LogP contribution in [0.2, 0.25) is 0 Å². The van der Waals surface area contributed by atoms with Gasteiger partial charge in [0.15, 0.2) is 0 Å². The van der Waals surface area contributed by atoms with Crippen molar-refractivity contribution in [2.75, 3.05) is 39.8 Å². The molecule has 0 saturated carbocycles. The van der Waals surface area contributed by atoms with Gasteiger partial charge >= 0.3 is 0 Å². The number of nitrogens with zero attached hydrogens (tertiary/aromatic N) is 3. The van der Waals surface area contributed by atoms with Crippen LogP contribution in [0, 0.1) is 0 Å². The van der Waals surface area contributed by atoms with Crippen molar-refractivity contribution in [1.82, 2.24) is 9.80 Å². The Kier molecular flexibility index (Phi) is 7.71. The van der Waals surface area contributed by atoms with Crippen LogP contribution in [0.25, 0.3) is 0 Å². The van der Waals surface area contributed by atoms with Gasteiger partial charge in [-0.15, -0.1) is 0 Å². The van der Waals surface area contributed by atoms with Gasteiger partial charge < -0.3 is 9.64 Å². The molecule has 0 aliphatic carbocycles. The van der Waals surface area contributed by atoms with Crippen LogP contribution in [0.1, 0.15) is 57.9 Å². The average Bonchev–Trinajstić information content (AvgIpc) is 3.12. The minimum Gasteiger partial charge on any atom is -0.494 e. The Labute approximate surface area is 165 Å². The van der Waals surface area contributed by atoms with Crippen LogP contribution in [-0.4, -0.2) is 67.4 Å². The Morgan fingerprint density at radius 2 is 1.85 bits per heavy atom. The van der Waals surface area contributed by atoms with E-state index in [0.717, 1.165) is 31.4 Å². The molecule has 2 fully saturated rings. The molecule has 2 atom stereocenters. The van der Waals surface area contributed by atoms with Gasteiger partial charge in [-0.05, 0) is 95.4 Å². The monoisotopic (exact) mass is 371 g/mol. The van der Waals surface area contributed by atoms with Crippen molar-refractivity contribution in [2.24, 2.45) is 4.99 Å². The van der Waals surface area contributed by atoms with Gasteiger partial charge in [-0.25, -0.2) is 0 Å². The van der Waals surface area contributed by atoms with Crippen molar-refractivity contribution in [2.45, 2.75) is 64.5 Å². The molecule has 1 aromatic carbocycles. The molecule has 2 saturated heterocycles. The van der Waals surface area contributed by atoms with Crippen LogP contribution in [0.3, 0.4) is 0 Å². The van der Waals surface area contributed by atoms with Gasteiger partial charge in [0.25, 0.3) is 0 Å². The molecule has 0 radical (unpaired) electrons. The van der Waals surface area contributed by atoms with E-state index < -0.39 is 0 Å². The van der Waals surface area contributed by atoms with Gasteiger partial charge in [0.1, 0.15) is 5.75 Å². The highest BCUT2D eigenvalue weighted by Gasteiger charge is 2.22. The summed E-state index contributed by atoms with van der Waals surface area (Å²) < 4.78 is 5.97. The summed E-state index contributed by atoms with van der Waals surface area (Å²) in [6.07, 6.45) is 7.78. The quantitative estimate of drug-likeness (QED) is 0.505. The minimum atomic E-state index is 0.379. The second-order valence-corrected chi connectivity index (χ2v) is 8.14. The number of benzene rings is 1. The second-order valence-electron chi connectivity index (χ2n) is 8.14. The molecule has 0 amide bonds. The van der Waals surface area contributed by atoms with Crippen LogP contribution in [0.4, 0.5) is 0 Å². The molecular weight excluding hydrogens is 334 g/mol. The van der Waals surface area contributed by atoms with Gasteiger partial charge in [-0.1, -0.05) is 6.42 Å². The third-order valence-corrected chi connectivity index (χ3v) is 6.27. The van der Waals surface area contributed by atoms with Crippen molar-refractivity contribution >= 4 is 5.71 Å². The Hall–Kier alpha value is -1.39. The minimum absolute atomic E-state index is 0.379. The predicted molar refractivity (Wildman–Crippen MR) is 114 cm³/mol. The van der Waals surface area contributed by atoms with E-state index in [0.29, 0.717) is 6.04 Å². The Bertz CT molecular complexity index is 592. The fraction of sp³-hybridized carbons (Fsp3) is 0.696. The van der Waals surface area contributed by atoms with Crippen molar-refractivity contribution in [1.29, 1.82) is 0 Å².